The summed E-state index contributed by atoms with van der Waals surface area (Å²) in [5, 5.41) is 5.05. The van der Waals surface area contributed by atoms with Gasteiger partial charge in [0, 0.05) is 37.4 Å². The highest BCUT2D eigenvalue weighted by molar-refractivity contribution is 6.48. The Balaban J connectivity index is 1.28. The minimum Gasteiger partial charge on any atom is -0.497 e. The molecule has 8 rings (SSSR count). The van der Waals surface area contributed by atoms with Crippen molar-refractivity contribution < 1.29 is 9.13 Å². The third kappa shape index (κ3) is 4.63. The molecule has 0 N–H and O–H groups in total. The number of anilines is 2. The molecule has 3 aliphatic heterocycles. The van der Waals surface area contributed by atoms with Crippen LogP contribution in [0, 0.1) is 12.7 Å². The van der Waals surface area contributed by atoms with E-state index in [9.17, 15) is 4.39 Å². The summed E-state index contributed by atoms with van der Waals surface area (Å²) in [7, 11) is 1.70. The first kappa shape index (κ1) is 27.1. The molecule has 1 atom stereocenters. The monoisotopic (exact) mass is 597 g/mol. The first-order chi connectivity index (χ1) is 22.1. The summed E-state index contributed by atoms with van der Waals surface area (Å²) in [6.07, 6.45) is 0. The number of amidine groups is 2. The van der Waals surface area contributed by atoms with Crippen molar-refractivity contribution in [2.24, 2.45) is 9.98 Å². The highest BCUT2D eigenvalue weighted by Crippen LogP contribution is 2.48. The zero-order valence-corrected chi connectivity index (χ0v) is 25.1. The lowest BCUT2D eigenvalue weighted by Crippen LogP contribution is -2.55. The van der Waals surface area contributed by atoms with Crippen molar-refractivity contribution in [2.45, 2.75) is 13.0 Å². The second-order valence-electron chi connectivity index (χ2n) is 11.4. The molecule has 224 valence electrons. The molecule has 8 nitrogen and oxygen atoms in total. The summed E-state index contributed by atoms with van der Waals surface area (Å²) in [4.78, 5) is 17.6. The summed E-state index contributed by atoms with van der Waals surface area (Å²) >= 11 is 0. The van der Waals surface area contributed by atoms with Gasteiger partial charge in [-0.25, -0.2) is 19.1 Å². The molecule has 3 aliphatic rings. The molecule has 0 saturated carbocycles. The van der Waals surface area contributed by atoms with Crippen molar-refractivity contribution in [1.82, 2.24) is 14.7 Å². The van der Waals surface area contributed by atoms with Crippen molar-refractivity contribution in [2.75, 3.05) is 43.1 Å². The molecule has 45 heavy (non-hydrogen) atoms. The Labute approximate surface area is 261 Å². The number of halogens is 1. The van der Waals surface area contributed by atoms with Gasteiger partial charge in [0.2, 0.25) is 0 Å². The van der Waals surface area contributed by atoms with Crippen LogP contribution in [0.25, 0.3) is 5.69 Å². The summed E-state index contributed by atoms with van der Waals surface area (Å²) in [6, 6.07) is 33.2. The van der Waals surface area contributed by atoms with Crippen LogP contribution in [-0.4, -0.2) is 59.6 Å². The quantitative estimate of drug-likeness (QED) is 0.227. The molecule has 9 heteroatoms. The number of fused-ring (bicyclic) bond motifs is 4. The van der Waals surface area contributed by atoms with E-state index in [0.29, 0.717) is 0 Å². The van der Waals surface area contributed by atoms with E-state index in [0.717, 1.165) is 89.0 Å². The van der Waals surface area contributed by atoms with Gasteiger partial charge in [-0.15, -0.1) is 0 Å². The highest BCUT2D eigenvalue weighted by Gasteiger charge is 2.43. The van der Waals surface area contributed by atoms with Crippen LogP contribution >= 0.6 is 0 Å². The number of aromatic nitrogens is 2. The normalized spacial score (nSPS) is 17.2. The molecule has 0 amide bonds. The standard InChI is InChI=1S/C36H32FN7O/c1-24-32-33(25-9-8-12-29(23-25)45-2)43-31-14-7-6-13-30(31)38-35(36(43)39-34(32)44(40-24)28-10-4-3-5-11-28)42-21-19-41(20-22-42)27-17-15-26(37)16-18-27/h3-18,23,33H,19-22H2,1-2H3. The molecule has 0 radical (unpaired) electrons. The number of aliphatic imine (C=N–C) groups is 2. The lowest BCUT2D eigenvalue weighted by Gasteiger charge is -2.44. The average Bonchev–Trinajstić information content (AvgIpc) is 3.43. The second kappa shape index (κ2) is 10.9. The number of hydrogen-bond acceptors (Lipinski definition) is 7. The number of aryl methyl sites for hydroxylation is 1. The van der Waals surface area contributed by atoms with E-state index < -0.39 is 0 Å². The summed E-state index contributed by atoms with van der Waals surface area (Å²) < 4.78 is 21.2. The van der Waals surface area contributed by atoms with E-state index >= 15 is 0 Å². The van der Waals surface area contributed by atoms with Crippen LogP contribution in [-0.2, 0) is 0 Å². The summed E-state index contributed by atoms with van der Waals surface area (Å²) in [5.74, 6) is 3.00. The zero-order valence-electron chi connectivity index (χ0n) is 25.1. The first-order valence-electron chi connectivity index (χ1n) is 15.2. The van der Waals surface area contributed by atoms with E-state index in [2.05, 4.69) is 64.1 Å². The van der Waals surface area contributed by atoms with E-state index in [1.54, 1.807) is 7.11 Å². The Kier molecular flexibility index (Phi) is 6.59. The predicted molar refractivity (Wildman–Crippen MR) is 176 cm³/mol. The second-order valence-corrected chi connectivity index (χ2v) is 11.4. The van der Waals surface area contributed by atoms with Gasteiger partial charge in [0.15, 0.2) is 17.5 Å². The number of para-hydroxylation sites is 3. The van der Waals surface area contributed by atoms with Crippen LogP contribution in [0.1, 0.15) is 22.9 Å². The van der Waals surface area contributed by atoms with Gasteiger partial charge < -0.3 is 19.4 Å². The molecule has 4 heterocycles. The molecule has 1 aromatic heterocycles. The van der Waals surface area contributed by atoms with Crippen LogP contribution in [0.2, 0.25) is 0 Å². The van der Waals surface area contributed by atoms with Gasteiger partial charge in [0.05, 0.1) is 35.9 Å². The summed E-state index contributed by atoms with van der Waals surface area (Å²) in [6.45, 7) is 5.12. The van der Waals surface area contributed by atoms with Crippen LogP contribution < -0.4 is 14.5 Å². The van der Waals surface area contributed by atoms with E-state index in [1.807, 2.05) is 53.2 Å². The Morgan fingerprint density at radius 2 is 1.47 bits per heavy atom. The van der Waals surface area contributed by atoms with Gasteiger partial charge >= 0.3 is 0 Å². The molecule has 1 fully saturated rings. The van der Waals surface area contributed by atoms with Crippen LogP contribution in [0.15, 0.2) is 113 Å². The molecule has 5 aromatic rings. The van der Waals surface area contributed by atoms with Gasteiger partial charge in [0.25, 0.3) is 0 Å². The van der Waals surface area contributed by atoms with Crippen LogP contribution in [0.3, 0.4) is 0 Å². The molecule has 1 unspecified atom stereocenters. The number of methoxy groups -OCH3 is 1. The van der Waals surface area contributed by atoms with Gasteiger partial charge in [-0.1, -0.05) is 42.5 Å². The number of hydrogen-bond donors (Lipinski definition) is 0. The predicted octanol–water partition coefficient (Wildman–Crippen LogP) is 6.83. The molecular weight excluding hydrogens is 565 g/mol. The topological polar surface area (TPSA) is 61.5 Å². The molecule has 1 saturated heterocycles. The Hall–Kier alpha value is -5.44. The van der Waals surface area contributed by atoms with Gasteiger partial charge in [-0.3, -0.25) is 0 Å². The number of piperazine rings is 1. The van der Waals surface area contributed by atoms with Crippen molar-refractivity contribution in [3.8, 4) is 11.4 Å². The van der Waals surface area contributed by atoms with Crippen LogP contribution in [0.5, 0.6) is 5.75 Å². The fourth-order valence-electron chi connectivity index (χ4n) is 6.61. The highest BCUT2D eigenvalue weighted by atomic mass is 19.1. The Morgan fingerprint density at radius 1 is 0.733 bits per heavy atom. The smallest absolute Gasteiger partial charge is 0.179 e. The Bertz CT molecular complexity index is 1940. The maximum absolute atomic E-state index is 13.6. The fraction of sp³-hybridized carbons (Fsp3) is 0.194. The molecule has 0 bridgehead atoms. The van der Waals surface area contributed by atoms with Crippen molar-refractivity contribution >= 4 is 34.6 Å². The van der Waals surface area contributed by atoms with Crippen molar-refractivity contribution in [3.63, 3.8) is 0 Å². The van der Waals surface area contributed by atoms with Gasteiger partial charge in [-0.05, 0) is 73.2 Å². The van der Waals surface area contributed by atoms with E-state index in [-0.39, 0.29) is 11.9 Å². The molecule has 0 aliphatic carbocycles. The number of rotatable bonds is 4. The number of nitrogens with zero attached hydrogens (tertiary/aromatic N) is 7. The lowest BCUT2D eigenvalue weighted by atomic mass is 9.93. The van der Waals surface area contributed by atoms with E-state index in [1.165, 1.54) is 12.1 Å². The fourth-order valence-corrected chi connectivity index (χ4v) is 6.61. The molecule has 4 aromatic carbocycles. The van der Waals surface area contributed by atoms with Crippen molar-refractivity contribution in [3.05, 3.63) is 126 Å². The average molecular weight is 598 g/mol. The third-order valence-electron chi connectivity index (χ3n) is 8.80. The molecule has 0 spiro atoms. The maximum Gasteiger partial charge on any atom is 0.179 e. The number of ether oxygens (including phenoxy) is 1. The minimum atomic E-state index is -0.224. The first-order valence-corrected chi connectivity index (χ1v) is 15.2. The largest absolute Gasteiger partial charge is 0.497 e. The third-order valence-corrected chi connectivity index (χ3v) is 8.80. The minimum absolute atomic E-state index is 0.216. The summed E-state index contributed by atoms with van der Waals surface area (Å²) in [5.41, 5.74) is 6.91. The maximum atomic E-state index is 13.6. The lowest BCUT2D eigenvalue weighted by molar-refractivity contribution is 0.389. The van der Waals surface area contributed by atoms with Gasteiger partial charge in [-0.2, -0.15) is 5.10 Å². The van der Waals surface area contributed by atoms with Crippen molar-refractivity contribution in [1.29, 1.82) is 0 Å². The van der Waals surface area contributed by atoms with Gasteiger partial charge in [0.1, 0.15) is 11.6 Å². The van der Waals surface area contributed by atoms with E-state index in [4.69, 9.17) is 19.8 Å². The molecular formula is C36H32FN7O. The SMILES string of the molecule is COc1cccc(C2c3c(C)nn(-c4ccccc4)c3N=C3C(N4CCN(c5ccc(F)cc5)CC4)=Nc4ccccc4N32)c1. The zero-order chi connectivity index (χ0) is 30.5. The van der Waals surface area contributed by atoms with Crippen LogP contribution in [0.4, 0.5) is 27.3 Å². The number of benzene rings is 4. The Morgan fingerprint density at radius 3 is 2.24 bits per heavy atom.